The summed E-state index contributed by atoms with van der Waals surface area (Å²) in [5, 5.41) is 0. The number of carbonyl (C=O) groups excluding carboxylic acids is 2. The number of allylic oxidation sites excluding steroid dienone is 24. The van der Waals surface area contributed by atoms with Crippen molar-refractivity contribution >= 4 is 19.8 Å². The largest absolute Gasteiger partial charge is 0.472 e. The van der Waals surface area contributed by atoms with Gasteiger partial charge in [0.15, 0.2) is 6.10 Å². The summed E-state index contributed by atoms with van der Waals surface area (Å²) in [7, 11) is 1.43. The first kappa shape index (κ1) is 69.9. The zero-order valence-electron chi connectivity index (χ0n) is 47.3. The van der Waals surface area contributed by atoms with Gasteiger partial charge in [0, 0.05) is 12.8 Å². The Morgan fingerprint density at radius 1 is 0.419 bits per heavy atom. The van der Waals surface area contributed by atoms with E-state index < -0.39 is 32.5 Å². The Labute approximate surface area is 453 Å². The second-order valence-electron chi connectivity index (χ2n) is 19.6. The molecule has 418 valence electrons. The van der Waals surface area contributed by atoms with Gasteiger partial charge in [-0.05, 0) is 116 Å². The van der Waals surface area contributed by atoms with Gasteiger partial charge in [0.1, 0.15) is 19.8 Å². The molecule has 0 rings (SSSR count). The Kier molecular flexibility index (Phi) is 50.7. The molecule has 0 aromatic heterocycles. The molecule has 0 saturated carbocycles. The molecule has 0 saturated heterocycles. The summed E-state index contributed by atoms with van der Waals surface area (Å²) in [5.74, 6) is -0.866. The molecule has 0 bridgehead atoms. The third kappa shape index (κ3) is 57.2. The highest BCUT2D eigenvalue weighted by Crippen LogP contribution is 2.43. The average Bonchev–Trinajstić information content (AvgIpc) is 3.36. The van der Waals surface area contributed by atoms with Gasteiger partial charge in [-0.15, -0.1) is 0 Å². The Morgan fingerprint density at radius 2 is 0.730 bits per heavy atom. The van der Waals surface area contributed by atoms with Gasteiger partial charge in [-0.3, -0.25) is 18.6 Å². The topological polar surface area (TPSA) is 108 Å². The van der Waals surface area contributed by atoms with E-state index in [4.69, 9.17) is 18.5 Å². The van der Waals surface area contributed by atoms with Crippen LogP contribution in [0.4, 0.5) is 0 Å². The lowest BCUT2D eigenvalue weighted by molar-refractivity contribution is -0.870. The predicted molar refractivity (Wildman–Crippen MR) is 316 cm³/mol. The molecule has 0 aromatic carbocycles. The van der Waals surface area contributed by atoms with Crippen LogP contribution in [0.2, 0.25) is 0 Å². The first-order valence-corrected chi connectivity index (χ1v) is 30.1. The van der Waals surface area contributed by atoms with Crippen LogP contribution in [0.15, 0.2) is 146 Å². The number of likely N-dealkylation sites (N-methyl/N-ethyl adjacent to an activating group) is 1. The van der Waals surface area contributed by atoms with E-state index in [2.05, 4.69) is 160 Å². The van der Waals surface area contributed by atoms with Crippen molar-refractivity contribution in [3.05, 3.63) is 146 Å². The predicted octanol–water partition coefficient (Wildman–Crippen LogP) is 17.9. The number of phosphoric ester groups is 1. The van der Waals surface area contributed by atoms with Crippen LogP contribution in [-0.2, 0) is 32.7 Å². The summed E-state index contributed by atoms with van der Waals surface area (Å²) >= 11 is 0. The van der Waals surface area contributed by atoms with Crippen molar-refractivity contribution < 1.29 is 42.1 Å². The molecule has 0 amide bonds. The number of nitrogens with zero attached hydrogens (tertiary/aromatic N) is 1. The second-order valence-corrected chi connectivity index (χ2v) is 21.0. The van der Waals surface area contributed by atoms with Crippen LogP contribution >= 0.6 is 7.82 Å². The van der Waals surface area contributed by atoms with Crippen molar-refractivity contribution in [2.45, 2.75) is 200 Å². The van der Waals surface area contributed by atoms with Crippen LogP contribution in [0.25, 0.3) is 0 Å². The van der Waals surface area contributed by atoms with E-state index in [1.807, 2.05) is 21.1 Å². The monoisotopic (exact) mass is 1050 g/mol. The number of rotatable bonds is 50. The highest BCUT2D eigenvalue weighted by Gasteiger charge is 2.27. The summed E-state index contributed by atoms with van der Waals surface area (Å²) in [6.45, 7) is 4.12. The highest BCUT2D eigenvalue weighted by molar-refractivity contribution is 7.47. The Bertz CT molecular complexity index is 1760. The van der Waals surface area contributed by atoms with Crippen LogP contribution in [-0.4, -0.2) is 74.9 Å². The number of carbonyl (C=O) groups is 2. The maximum atomic E-state index is 12.8. The molecule has 0 fully saturated rings. The van der Waals surface area contributed by atoms with Gasteiger partial charge >= 0.3 is 19.8 Å². The molecule has 0 radical (unpaired) electrons. The molecule has 0 aliphatic rings. The molecule has 10 heteroatoms. The molecule has 2 unspecified atom stereocenters. The fraction of sp³-hybridized carbons (Fsp3) is 0.594. The lowest BCUT2D eigenvalue weighted by Crippen LogP contribution is -2.37. The van der Waals surface area contributed by atoms with E-state index in [1.54, 1.807) is 0 Å². The minimum Gasteiger partial charge on any atom is -0.462 e. The van der Waals surface area contributed by atoms with Crippen molar-refractivity contribution in [1.29, 1.82) is 0 Å². The quantitative estimate of drug-likeness (QED) is 0.0211. The smallest absolute Gasteiger partial charge is 0.462 e. The number of ether oxygens (including phenoxy) is 2. The van der Waals surface area contributed by atoms with Crippen molar-refractivity contribution in [2.24, 2.45) is 0 Å². The third-order valence-electron chi connectivity index (χ3n) is 11.4. The Hall–Kier alpha value is -4.11. The van der Waals surface area contributed by atoms with Gasteiger partial charge < -0.3 is 18.9 Å². The minimum atomic E-state index is -4.41. The van der Waals surface area contributed by atoms with Crippen LogP contribution in [0.3, 0.4) is 0 Å². The van der Waals surface area contributed by atoms with Crippen molar-refractivity contribution in [3.63, 3.8) is 0 Å². The summed E-state index contributed by atoms with van der Waals surface area (Å²) in [5.41, 5.74) is 0. The summed E-state index contributed by atoms with van der Waals surface area (Å²) in [6.07, 6.45) is 79.1. The van der Waals surface area contributed by atoms with Crippen molar-refractivity contribution in [3.8, 4) is 0 Å². The van der Waals surface area contributed by atoms with Crippen LogP contribution < -0.4 is 0 Å². The van der Waals surface area contributed by atoms with Gasteiger partial charge in [0.2, 0.25) is 0 Å². The van der Waals surface area contributed by atoms with Crippen LogP contribution in [0, 0.1) is 0 Å². The second kappa shape index (κ2) is 53.7. The summed E-state index contributed by atoms with van der Waals surface area (Å²) < 4.78 is 34.5. The van der Waals surface area contributed by atoms with E-state index in [9.17, 15) is 19.0 Å². The molecule has 74 heavy (non-hydrogen) atoms. The van der Waals surface area contributed by atoms with Gasteiger partial charge in [0.05, 0.1) is 27.7 Å². The fourth-order valence-corrected chi connectivity index (χ4v) is 7.76. The molecule has 9 nitrogen and oxygen atoms in total. The molecule has 0 aliphatic heterocycles. The summed E-state index contributed by atoms with van der Waals surface area (Å²) in [4.78, 5) is 35.7. The molecular formula is C64H105NO8P+. The lowest BCUT2D eigenvalue weighted by atomic mass is 10.0. The van der Waals surface area contributed by atoms with Crippen LogP contribution in [0.5, 0.6) is 0 Å². The van der Waals surface area contributed by atoms with E-state index in [0.29, 0.717) is 23.9 Å². The van der Waals surface area contributed by atoms with E-state index in [1.165, 1.54) is 38.5 Å². The number of hydrogen-bond acceptors (Lipinski definition) is 7. The molecule has 0 heterocycles. The SMILES string of the molecule is CC/C=C\C/C=C\C/C=C\C/C=C\C/C=C\C/C=C\CCCCCCCCCCCCC(=O)OC(COC(=O)CCCC/C=C\C/C=C\C/C=C\C/C=C\C/C=C\C/C=C\CC)COP(=O)(O)OCC[N+](C)(C)C. The Morgan fingerprint density at radius 3 is 1.11 bits per heavy atom. The van der Waals surface area contributed by atoms with Gasteiger partial charge in [0.25, 0.3) is 0 Å². The average molecular weight is 1050 g/mol. The maximum Gasteiger partial charge on any atom is 0.472 e. The normalized spacial score (nSPS) is 14.4. The van der Waals surface area contributed by atoms with Gasteiger partial charge in [-0.25, -0.2) is 4.57 Å². The number of phosphoric acid groups is 1. The first-order valence-electron chi connectivity index (χ1n) is 28.6. The Balaban J connectivity index is 4.29. The zero-order chi connectivity index (χ0) is 54.2. The van der Waals surface area contributed by atoms with E-state index >= 15 is 0 Å². The van der Waals surface area contributed by atoms with Crippen molar-refractivity contribution in [1.82, 2.24) is 0 Å². The van der Waals surface area contributed by atoms with Crippen molar-refractivity contribution in [2.75, 3.05) is 47.5 Å². The maximum absolute atomic E-state index is 12.8. The zero-order valence-corrected chi connectivity index (χ0v) is 48.2. The number of esters is 2. The van der Waals surface area contributed by atoms with Gasteiger partial charge in [-0.1, -0.05) is 211 Å². The minimum absolute atomic E-state index is 0.0149. The lowest BCUT2D eigenvalue weighted by Gasteiger charge is -2.24. The standard InChI is InChI=1S/C64H104NO8P/c1-6-8-10-12-14-16-18-20-22-24-26-28-29-30-31-32-33-34-35-37-39-41-43-45-47-49-51-53-55-57-64(67)73-62(61-72-74(68,69)71-59-58-65(3,4)5)60-70-63(66)56-54-52-50-48-46-44-42-40-38-36-27-25-23-21-19-17-15-13-11-9-7-2/h8-11,14-17,20-23,26-28,30-31,33-34,36,40,42,46,48,62H,6-7,12-13,18-19,24-25,29,32,35,37-39,41,43-45,47,49-61H2,1-5H3/p+1/b10-8-,11-9-,16-14-,17-15-,22-20-,23-21-,28-26-,31-30-,34-33-,36-27-,42-40-,48-46-. The molecule has 0 spiro atoms. The molecule has 1 N–H and O–H groups in total. The number of quaternary nitrogens is 1. The number of hydrogen-bond donors (Lipinski definition) is 1. The first-order chi connectivity index (χ1) is 36.0. The molecule has 0 aromatic rings. The van der Waals surface area contributed by atoms with E-state index in [0.717, 1.165) is 116 Å². The van der Waals surface area contributed by atoms with E-state index in [-0.39, 0.29) is 26.1 Å². The molecular weight excluding hydrogens is 942 g/mol. The number of unbranched alkanes of at least 4 members (excludes halogenated alkanes) is 12. The molecule has 2 atom stereocenters. The molecule has 0 aliphatic carbocycles. The fourth-order valence-electron chi connectivity index (χ4n) is 7.02. The highest BCUT2D eigenvalue weighted by atomic mass is 31.2. The third-order valence-corrected chi connectivity index (χ3v) is 12.3. The van der Waals surface area contributed by atoms with Crippen LogP contribution in [0.1, 0.15) is 194 Å². The van der Waals surface area contributed by atoms with Gasteiger partial charge in [-0.2, -0.15) is 0 Å². The summed E-state index contributed by atoms with van der Waals surface area (Å²) in [6, 6.07) is 0.